The molecule has 0 saturated heterocycles. The number of hydrogen-bond acceptors (Lipinski definition) is 2. The number of aromatic nitrogens is 1. The summed E-state index contributed by atoms with van der Waals surface area (Å²) in [7, 11) is 0. The van der Waals surface area contributed by atoms with Crippen LogP contribution < -0.4 is 0 Å². The third-order valence-electron chi connectivity index (χ3n) is 1.87. The van der Waals surface area contributed by atoms with Crippen molar-refractivity contribution in [2.45, 2.75) is 4.43 Å². The van der Waals surface area contributed by atoms with E-state index in [2.05, 4.69) is 27.6 Å². The van der Waals surface area contributed by atoms with Gasteiger partial charge in [-0.1, -0.05) is 28.7 Å². The Hall–Kier alpha value is -0.840. The second-order valence-electron chi connectivity index (χ2n) is 2.81. The van der Waals surface area contributed by atoms with Crippen molar-refractivity contribution in [3.63, 3.8) is 0 Å². The van der Waals surface area contributed by atoms with Crippen LogP contribution in [0.25, 0.3) is 10.9 Å². The van der Waals surface area contributed by atoms with Gasteiger partial charge in [0.2, 0.25) is 0 Å². The van der Waals surface area contributed by atoms with Crippen molar-refractivity contribution < 1.29 is 5.11 Å². The summed E-state index contributed by atoms with van der Waals surface area (Å²) in [6.07, 6.45) is 0. The predicted molar refractivity (Wildman–Crippen MR) is 61.1 cm³/mol. The molecule has 1 N–H and O–H groups in total. The molecule has 0 saturated carbocycles. The monoisotopic (exact) mass is 285 g/mol. The van der Waals surface area contributed by atoms with Crippen LogP contribution in [-0.2, 0) is 4.43 Å². The predicted octanol–water partition coefficient (Wildman–Crippen LogP) is 2.88. The summed E-state index contributed by atoms with van der Waals surface area (Å²) in [6.45, 7) is 0. The zero-order valence-corrected chi connectivity index (χ0v) is 9.02. The Morgan fingerprint density at radius 1 is 1.23 bits per heavy atom. The zero-order valence-electron chi connectivity index (χ0n) is 6.87. The smallest absolute Gasteiger partial charge is 0.116 e. The minimum atomic E-state index is 0.288. The maximum absolute atomic E-state index is 9.23. The number of fused-ring (bicyclic) bond motifs is 1. The van der Waals surface area contributed by atoms with Gasteiger partial charge in [0.15, 0.2) is 0 Å². The topological polar surface area (TPSA) is 33.1 Å². The third kappa shape index (κ3) is 1.75. The number of aromatic hydroxyl groups is 1. The van der Waals surface area contributed by atoms with E-state index in [0.717, 1.165) is 21.0 Å². The van der Waals surface area contributed by atoms with E-state index >= 15 is 0 Å². The number of nitrogens with zero attached hydrogens (tertiary/aromatic N) is 1. The summed E-state index contributed by atoms with van der Waals surface area (Å²) in [5.41, 5.74) is 2.01. The van der Waals surface area contributed by atoms with E-state index in [9.17, 15) is 5.11 Å². The molecule has 1 aromatic carbocycles. The first-order valence-corrected chi connectivity index (χ1v) is 5.47. The van der Waals surface area contributed by atoms with Gasteiger partial charge >= 0.3 is 0 Å². The van der Waals surface area contributed by atoms with Crippen LogP contribution in [0.3, 0.4) is 0 Å². The van der Waals surface area contributed by atoms with Crippen LogP contribution in [0.5, 0.6) is 5.75 Å². The van der Waals surface area contributed by atoms with Crippen LogP contribution >= 0.6 is 22.6 Å². The normalized spacial score (nSPS) is 10.5. The average molecular weight is 285 g/mol. The number of alkyl halides is 1. The molecule has 2 aromatic rings. The number of rotatable bonds is 1. The summed E-state index contributed by atoms with van der Waals surface area (Å²) < 4.78 is 0.911. The number of phenolic OH excluding ortho intramolecular Hbond substituents is 1. The Morgan fingerprint density at radius 3 is 2.85 bits per heavy atom. The van der Waals surface area contributed by atoms with E-state index in [1.165, 1.54) is 0 Å². The molecule has 66 valence electrons. The average Bonchev–Trinajstić information content (AvgIpc) is 2.17. The van der Waals surface area contributed by atoms with Crippen LogP contribution in [0.1, 0.15) is 5.69 Å². The van der Waals surface area contributed by atoms with Gasteiger partial charge in [-0.05, 0) is 24.3 Å². The maximum atomic E-state index is 9.23. The fourth-order valence-electron chi connectivity index (χ4n) is 1.23. The second-order valence-corrected chi connectivity index (χ2v) is 3.58. The first kappa shape index (κ1) is 8.74. The molecule has 3 heteroatoms. The summed E-state index contributed by atoms with van der Waals surface area (Å²) in [4.78, 5) is 4.42. The van der Waals surface area contributed by atoms with Crippen molar-refractivity contribution >= 4 is 33.5 Å². The lowest BCUT2D eigenvalue weighted by atomic mass is 10.2. The minimum absolute atomic E-state index is 0.288. The fourth-order valence-corrected chi connectivity index (χ4v) is 1.65. The molecular formula is C10H8INO. The molecular weight excluding hydrogens is 277 g/mol. The second kappa shape index (κ2) is 3.49. The van der Waals surface area contributed by atoms with Gasteiger partial charge < -0.3 is 5.11 Å². The Morgan fingerprint density at radius 2 is 2.08 bits per heavy atom. The van der Waals surface area contributed by atoms with Gasteiger partial charge in [-0.25, -0.2) is 0 Å². The quantitative estimate of drug-likeness (QED) is 0.645. The molecule has 0 radical (unpaired) electrons. The summed E-state index contributed by atoms with van der Waals surface area (Å²) in [5, 5.41) is 10.2. The Balaban J connectivity index is 2.66. The molecule has 0 aliphatic heterocycles. The maximum Gasteiger partial charge on any atom is 0.116 e. The van der Waals surface area contributed by atoms with Crippen molar-refractivity contribution in [1.29, 1.82) is 0 Å². The van der Waals surface area contributed by atoms with Gasteiger partial charge in [0.25, 0.3) is 0 Å². The molecule has 2 nitrogen and oxygen atoms in total. The number of pyridine rings is 1. The molecule has 0 aliphatic carbocycles. The van der Waals surface area contributed by atoms with E-state index in [1.807, 2.05) is 18.2 Å². The van der Waals surface area contributed by atoms with Crippen molar-refractivity contribution in [1.82, 2.24) is 4.98 Å². The van der Waals surface area contributed by atoms with Gasteiger partial charge in [-0.15, -0.1) is 0 Å². The lowest BCUT2D eigenvalue weighted by Gasteiger charge is -1.99. The summed E-state index contributed by atoms with van der Waals surface area (Å²) >= 11 is 2.28. The summed E-state index contributed by atoms with van der Waals surface area (Å²) in [6, 6.07) is 9.18. The molecule has 1 heterocycles. The largest absolute Gasteiger partial charge is 0.508 e. The highest BCUT2D eigenvalue weighted by Gasteiger charge is 1.97. The third-order valence-corrected chi connectivity index (χ3v) is 2.65. The first-order valence-electron chi connectivity index (χ1n) is 3.94. The molecule has 0 aliphatic rings. The number of halogens is 1. The van der Waals surface area contributed by atoms with E-state index < -0.39 is 0 Å². The van der Waals surface area contributed by atoms with Crippen molar-refractivity contribution in [2.75, 3.05) is 0 Å². The fraction of sp³-hybridized carbons (Fsp3) is 0.100. The first-order chi connectivity index (χ1) is 6.29. The highest BCUT2D eigenvalue weighted by molar-refractivity contribution is 14.1. The van der Waals surface area contributed by atoms with E-state index in [-0.39, 0.29) is 5.75 Å². The standard InChI is InChI=1S/C10H8INO/c11-6-8-2-1-7-5-9(13)3-4-10(7)12-8/h1-5,13H,6H2. The van der Waals surface area contributed by atoms with Gasteiger partial charge in [-0.3, -0.25) is 4.98 Å². The zero-order chi connectivity index (χ0) is 9.26. The SMILES string of the molecule is Oc1ccc2nc(CI)ccc2c1. The van der Waals surface area contributed by atoms with Crippen molar-refractivity contribution in [2.24, 2.45) is 0 Å². The van der Waals surface area contributed by atoms with Gasteiger partial charge in [0.05, 0.1) is 11.2 Å². The Bertz CT molecular complexity index is 442. The molecule has 2 rings (SSSR count). The highest BCUT2D eigenvalue weighted by atomic mass is 127. The molecule has 0 spiro atoms. The lowest BCUT2D eigenvalue weighted by molar-refractivity contribution is 0.476. The molecule has 1 aromatic heterocycles. The number of phenols is 1. The van der Waals surface area contributed by atoms with E-state index in [4.69, 9.17) is 0 Å². The van der Waals surface area contributed by atoms with E-state index in [0.29, 0.717) is 0 Å². The van der Waals surface area contributed by atoms with Crippen LogP contribution in [0, 0.1) is 0 Å². The molecule has 13 heavy (non-hydrogen) atoms. The van der Waals surface area contributed by atoms with Gasteiger partial charge in [0, 0.05) is 9.81 Å². The highest BCUT2D eigenvalue weighted by Crippen LogP contribution is 2.19. The van der Waals surface area contributed by atoms with Crippen LogP contribution in [0.4, 0.5) is 0 Å². The van der Waals surface area contributed by atoms with Gasteiger partial charge in [0.1, 0.15) is 5.75 Å². The lowest BCUT2D eigenvalue weighted by Crippen LogP contribution is -1.85. The Kier molecular flexibility index (Phi) is 2.35. The minimum Gasteiger partial charge on any atom is -0.508 e. The van der Waals surface area contributed by atoms with E-state index in [1.54, 1.807) is 12.1 Å². The molecule has 0 unspecified atom stereocenters. The summed E-state index contributed by atoms with van der Waals surface area (Å²) in [5.74, 6) is 0.288. The molecule has 0 amide bonds. The van der Waals surface area contributed by atoms with Crippen molar-refractivity contribution in [3.8, 4) is 5.75 Å². The molecule has 0 fully saturated rings. The van der Waals surface area contributed by atoms with Gasteiger partial charge in [-0.2, -0.15) is 0 Å². The van der Waals surface area contributed by atoms with Crippen LogP contribution in [0.2, 0.25) is 0 Å². The Labute approximate surface area is 89.8 Å². The van der Waals surface area contributed by atoms with Crippen molar-refractivity contribution in [3.05, 3.63) is 36.0 Å². The molecule has 0 bridgehead atoms. The van der Waals surface area contributed by atoms with Crippen LogP contribution in [-0.4, -0.2) is 10.1 Å². The van der Waals surface area contributed by atoms with Crippen LogP contribution in [0.15, 0.2) is 30.3 Å². The number of benzene rings is 1. The number of hydrogen-bond donors (Lipinski definition) is 1. The molecule has 0 atom stereocenters.